The molecular weight excluding hydrogens is 465 g/mol. The molecule has 2 N–H and O–H groups in total. The van der Waals surface area contributed by atoms with Crippen molar-refractivity contribution < 1.29 is 31.1 Å². The standard InChI is InChI=1S/C19H17F3N6O4S/c1-2-32-17-11-24-10-16(27-17)13-3-4-15(25-8-13)18(29)26-7-12-5-14(9-23-6-12)28-33(30,31)19(20,21)22/h3-6,8-11,28H,2,7H2,1H3,(H,26,29). The smallest absolute Gasteiger partial charge is 0.477 e. The molecule has 3 aromatic rings. The summed E-state index contributed by atoms with van der Waals surface area (Å²) in [7, 11) is -5.58. The van der Waals surface area contributed by atoms with Crippen molar-refractivity contribution in [1.82, 2.24) is 25.3 Å². The molecular formula is C19H17F3N6O4S. The zero-order valence-corrected chi connectivity index (χ0v) is 17.8. The molecule has 0 spiro atoms. The van der Waals surface area contributed by atoms with E-state index >= 15 is 0 Å². The Kier molecular flexibility index (Phi) is 7.06. The number of pyridine rings is 2. The monoisotopic (exact) mass is 482 g/mol. The summed E-state index contributed by atoms with van der Waals surface area (Å²) in [5, 5.41) is 2.53. The van der Waals surface area contributed by atoms with Gasteiger partial charge in [0, 0.05) is 24.5 Å². The van der Waals surface area contributed by atoms with Gasteiger partial charge in [0.15, 0.2) is 0 Å². The van der Waals surface area contributed by atoms with Gasteiger partial charge in [-0.2, -0.15) is 21.6 Å². The maximum Gasteiger partial charge on any atom is 0.516 e. The van der Waals surface area contributed by atoms with Gasteiger partial charge >= 0.3 is 15.5 Å². The first-order valence-electron chi connectivity index (χ1n) is 9.31. The van der Waals surface area contributed by atoms with Crippen molar-refractivity contribution in [2.24, 2.45) is 0 Å². The third-order valence-corrected chi connectivity index (χ3v) is 5.12. The van der Waals surface area contributed by atoms with Crippen molar-refractivity contribution in [3.8, 4) is 17.1 Å². The van der Waals surface area contributed by atoms with E-state index < -0.39 is 27.1 Å². The number of anilines is 1. The molecule has 14 heteroatoms. The van der Waals surface area contributed by atoms with E-state index in [1.807, 2.05) is 6.92 Å². The molecule has 0 aliphatic heterocycles. The normalized spacial score (nSPS) is 11.6. The van der Waals surface area contributed by atoms with E-state index in [0.717, 1.165) is 12.3 Å². The maximum absolute atomic E-state index is 12.5. The van der Waals surface area contributed by atoms with Crippen molar-refractivity contribution in [3.63, 3.8) is 0 Å². The number of alkyl halides is 3. The van der Waals surface area contributed by atoms with Crippen LogP contribution in [0.3, 0.4) is 0 Å². The number of nitrogens with one attached hydrogen (secondary N) is 2. The van der Waals surface area contributed by atoms with Crippen LogP contribution in [0.5, 0.6) is 5.88 Å². The highest BCUT2D eigenvalue weighted by atomic mass is 32.2. The van der Waals surface area contributed by atoms with Crippen LogP contribution in [0, 0.1) is 0 Å². The molecule has 0 bridgehead atoms. The second-order valence-electron chi connectivity index (χ2n) is 6.42. The SMILES string of the molecule is CCOc1cncc(-c2ccc(C(=O)NCc3cncc(NS(=O)(=O)C(F)(F)F)c3)nc2)n1. The lowest BCUT2D eigenvalue weighted by Gasteiger charge is -2.11. The molecule has 0 aromatic carbocycles. The lowest BCUT2D eigenvalue weighted by atomic mass is 10.2. The molecule has 0 fully saturated rings. The molecule has 3 rings (SSSR count). The van der Waals surface area contributed by atoms with Crippen LogP contribution >= 0.6 is 0 Å². The summed E-state index contributed by atoms with van der Waals surface area (Å²) in [4.78, 5) is 28.4. The van der Waals surface area contributed by atoms with Crippen LogP contribution in [0.1, 0.15) is 23.0 Å². The third-order valence-electron chi connectivity index (χ3n) is 4.00. The fourth-order valence-corrected chi connectivity index (χ4v) is 3.05. The molecule has 0 aliphatic carbocycles. The molecule has 174 valence electrons. The predicted octanol–water partition coefficient (Wildman–Crippen LogP) is 2.52. The zero-order valence-electron chi connectivity index (χ0n) is 17.0. The molecule has 3 aromatic heterocycles. The fourth-order valence-electron chi connectivity index (χ4n) is 2.51. The largest absolute Gasteiger partial charge is 0.516 e. The van der Waals surface area contributed by atoms with Gasteiger partial charge in [-0.3, -0.25) is 24.5 Å². The Morgan fingerprint density at radius 1 is 1.09 bits per heavy atom. The Morgan fingerprint density at radius 3 is 2.52 bits per heavy atom. The molecule has 0 radical (unpaired) electrons. The number of hydrogen-bond donors (Lipinski definition) is 2. The summed E-state index contributed by atoms with van der Waals surface area (Å²) in [5.74, 6) is -0.206. The first-order chi connectivity index (χ1) is 15.6. The second-order valence-corrected chi connectivity index (χ2v) is 8.10. The van der Waals surface area contributed by atoms with Gasteiger partial charge in [0.05, 0.1) is 36.6 Å². The summed E-state index contributed by atoms with van der Waals surface area (Å²) in [6, 6.07) is 4.21. The number of halogens is 3. The van der Waals surface area contributed by atoms with E-state index in [0.29, 0.717) is 23.7 Å². The first-order valence-corrected chi connectivity index (χ1v) is 10.8. The van der Waals surface area contributed by atoms with Crippen molar-refractivity contribution in [2.75, 3.05) is 11.3 Å². The molecule has 33 heavy (non-hydrogen) atoms. The molecule has 0 saturated heterocycles. The van der Waals surface area contributed by atoms with Crippen LogP contribution in [0.4, 0.5) is 18.9 Å². The molecule has 0 unspecified atom stereocenters. The lowest BCUT2D eigenvalue weighted by Crippen LogP contribution is -2.30. The molecule has 10 nitrogen and oxygen atoms in total. The third kappa shape index (κ3) is 6.12. The van der Waals surface area contributed by atoms with Crippen LogP contribution < -0.4 is 14.8 Å². The topological polar surface area (TPSA) is 136 Å². The van der Waals surface area contributed by atoms with Gasteiger partial charge in [0.1, 0.15) is 5.69 Å². The highest BCUT2D eigenvalue weighted by Gasteiger charge is 2.46. The van der Waals surface area contributed by atoms with Gasteiger partial charge in [-0.1, -0.05) is 0 Å². The Hall–Kier alpha value is -3.81. The highest BCUT2D eigenvalue weighted by Crippen LogP contribution is 2.25. The fraction of sp³-hybridized carbons (Fsp3) is 0.211. The first kappa shape index (κ1) is 23.8. The van der Waals surface area contributed by atoms with Crippen molar-refractivity contribution >= 4 is 21.6 Å². The van der Waals surface area contributed by atoms with Gasteiger partial charge < -0.3 is 10.1 Å². The van der Waals surface area contributed by atoms with E-state index in [2.05, 4.69) is 25.3 Å². The van der Waals surface area contributed by atoms with E-state index in [-0.39, 0.29) is 17.8 Å². The number of carbonyl (C=O) groups excluding carboxylic acids is 1. The van der Waals surface area contributed by atoms with Crippen LogP contribution in [0.15, 0.2) is 49.2 Å². The van der Waals surface area contributed by atoms with Gasteiger partial charge in [-0.15, -0.1) is 0 Å². The number of amides is 1. The quantitative estimate of drug-likeness (QED) is 0.500. The summed E-state index contributed by atoms with van der Waals surface area (Å²) in [5.41, 5.74) is -4.40. The second kappa shape index (κ2) is 9.77. The minimum absolute atomic E-state index is 0.0783. The number of sulfonamides is 1. The van der Waals surface area contributed by atoms with Gasteiger partial charge in [0.25, 0.3) is 5.91 Å². The van der Waals surface area contributed by atoms with Gasteiger partial charge in [-0.25, -0.2) is 4.98 Å². The molecule has 0 aliphatic rings. The number of aromatic nitrogens is 4. The van der Waals surface area contributed by atoms with E-state index in [1.165, 1.54) is 35.6 Å². The number of nitrogens with zero attached hydrogens (tertiary/aromatic N) is 4. The highest BCUT2D eigenvalue weighted by molar-refractivity contribution is 7.93. The van der Waals surface area contributed by atoms with E-state index in [9.17, 15) is 26.4 Å². The van der Waals surface area contributed by atoms with Crippen molar-refractivity contribution in [2.45, 2.75) is 19.0 Å². The summed E-state index contributed by atoms with van der Waals surface area (Å²) in [6.45, 7) is 2.12. The van der Waals surface area contributed by atoms with E-state index in [1.54, 1.807) is 6.07 Å². The van der Waals surface area contributed by atoms with E-state index in [4.69, 9.17) is 4.74 Å². The zero-order chi connectivity index (χ0) is 24.1. The summed E-state index contributed by atoms with van der Waals surface area (Å²) >= 11 is 0. The summed E-state index contributed by atoms with van der Waals surface area (Å²) < 4.78 is 66.6. The number of hydrogen-bond acceptors (Lipinski definition) is 8. The molecule has 3 heterocycles. The number of ether oxygens (including phenoxy) is 1. The number of rotatable bonds is 8. The van der Waals surface area contributed by atoms with Crippen LogP contribution in [0.25, 0.3) is 11.3 Å². The van der Waals surface area contributed by atoms with Gasteiger partial charge in [0.2, 0.25) is 5.88 Å². The minimum Gasteiger partial charge on any atom is -0.477 e. The van der Waals surface area contributed by atoms with Crippen LogP contribution in [-0.4, -0.2) is 46.4 Å². The average molecular weight is 482 g/mol. The Labute approximate surface area is 186 Å². The van der Waals surface area contributed by atoms with Crippen LogP contribution in [0.2, 0.25) is 0 Å². The minimum atomic E-state index is -5.58. The van der Waals surface area contributed by atoms with Crippen molar-refractivity contribution in [3.05, 3.63) is 60.4 Å². The number of carbonyl (C=O) groups is 1. The molecule has 1 amide bonds. The summed E-state index contributed by atoms with van der Waals surface area (Å²) in [6.07, 6.45) is 6.61. The lowest BCUT2D eigenvalue weighted by molar-refractivity contribution is -0.0429. The predicted molar refractivity (Wildman–Crippen MR) is 110 cm³/mol. The van der Waals surface area contributed by atoms with Crippen LogP contribution in [-0.2, 0) is 16.6 Å². The Bertz CT molecular complexity index is 1240. The average Bonchev–Trinajstić information content (AvgIpc) is 2.77. The molecule has 0 saturated carbocycles. The maximum atomic E-state index is 12.5. The van der Waals surface area contributed by atoms with Crippen molar-refractivity contribution in [1.29, 1.82) is 0 Å². The Balaban J connectivity index is 1.64. The Morgan fingerprint density at radius 2 is 1.85 bits per heavy atom. The van der Waals surface area contributed by atoms with Gasteiger partial charge in [-0.05, 0) is 30.7 Å². The molecule has 0 atom stereocenters.